The average molecular weight is 424 g/mol. The number of likely N-dealkylation sites (tertiary alicyclic amines) is 1. The largest absolute Gasteiger partial charge is 0.465 e. The molecule has 0 bridgehead atoms. The molecule has 9 nitrogen and oxygen atoms in total. The molecule has 3 rings (SSSR count). The summed E-state index contributed by atoms with van der Waals surface area (Å²) in [7, 11) is 1.28. The summed E-state index contributed by atoms with van der Waals surface area (Å²) in [6.45, 7) is 1.56. The van der Waals surface area contributed by atoms with Gasteiger partial charge in [-0.3, -0.25) is 19.4 Å². The Kier molecular flexibility index (Phi) is 7.31. The van der Waals surface area contributed by atoms with Crippen LogP contribution < -0.4 is 10.6 Å². The van der Waals surface area contributed by atoms with Crippen molar-refractivity contribution in [1.82, 2.24) is 15.2 Å². The Balaban J connectivity index is 1.41. The second kappa shape index (κ2) is 10.3. The van der Waals surface area contributed by atoms with Crippen LogP contribution in [0.1, 0.15) is 33.6 Å². The molecule has 1 saturated heterocycles. The number of pyridine rings is 1. The number of anilines is 1. The molecule has 1 aromatic heterocycles. The number of hydrogen-bond acceptors (Lipinski definition) is 6. The number of amides is 3. The number of nitrogens with zero attached hydrogens (tertiary/aromatic N) is 2. The Morgan fingerprint density at radius 2 is 1.61 bits per heavy atom. The highest BCUT2D eigenvalue weighted by Crippen LogP contribution is 2.18. The van der Waals surface area contributed by atoms with Gasteiger partial charge in [-0.25, -0.2) is 4.79 Å². The van der Waals surface area contributed by atoms with E-state index in [2.05, 4.69) is 20.4 Å². The maximum absolute atomic E-state index is 12.5. The van der Waals surface area contributed by atoms with Crippen LogP contribution in [0.5, 0.6) is 0 Å². The number of esters is 1. The SMILES string of the molecule is COC(=O)c1ccc(NC(=O)C(=O)NCC2CCN(C(=O)c3ccncc3)CC2)cc1. The monoisotopic (exact) mass is 424 g/mol. The highest BCUT2D eigenvalue weighted by Gasteiger charge is 2.24. The van der Waals surface area contributed by atoms with Crippen LogP contribution in [0.2, 0.25) is 0 Å². The standard InChI is InChI=1S/C22H24N4O5/c1-31-22(30)17-2-4-18(5-3-17)25-20(28)19(27)24-14-15-8-12-26(13-9-15)21(29)16-6-10-23-11-7-16/h2-7,10-11,15H,8-9,12-14H2,1H3,(H,24,27)(H,25,28). The number of ether oxygens (including phenoxy) is 1. The fraction of sp³-hybridized carbons (Fsp3) is 0.318. The molecular formula is C22H24N4O5. The summed E-state index contributed by atoms with van der Waals surface area (Å²) in [4.78, 5) is 53.8. The molecule has 1 aliphatic rings. The topological polar surface area (TPSA) is 118 Å². The zero-order valence-corrected chi connectivity index (χ0v) is 17.2. The van der Waals surface area contributed by atoms with Gasteiger partial charge in [0.05, 0.1) is 12.7 Å². The molecule has 31 heavy (non-hydrogen) atoms. The van der Waals surface area contributed by atoms with E-state index in [1.807, 2.05) is 0 Å². The van der Waals surface area contributed by atoms with Crippen LogP contribution in [0.4, 0.5) is 5.69 Å². The molecule has 3 amide bonds. The van der Waals surface area contributed by atoms with E-state index >= 15 is 0 Å². The molecule has 162 valence electrons. The van der Waals surface area contributed by atoms with Crippen LogP contribution >= 0.6 is 0 Å². The summed E-state index contributed by atoms with van der Waals surface area (Å²) >= 11 is 0. The summed E-state index contributed by atoms with van der Waals surface area (Å²) in [5.74, 6) is -1.83. The molecule has 0 unspecified atom stereocenters. The fourth-order valence-corrected chi connectivity index (χ4v) is 3.33. The van der Waals surface area contributed by atoms with Gasteiger partial charge in [-0.1, -0.05) is 0 Å². The second-order valence-electron chi connectivity index (χ2n) is 7.20. The number of benzene rings is 1. The van der Waals surface area contributed by atoms with Crippen molar-refractivity contribution >= 4 is 29.4 Å². The molecule has 1 aromatic carbocycles. The molecule has 0 aliphatic carbocycles. The van der Waals surface area contributed by atoms with Crippen LogP contribution in [-0.2, 0) is 14.3 Å². The number of piperidine rings is 1. The Morgan fingerprint density at radius 1 is 0.968 bits per heavy atom. The highest BCUT2D eigenvalue weighted by molar-refractivity contribution is 6.39. The van der Waals surface area contributed by atoms with Crippen LogP contribution in [0.25, 0.3) is 0 Å². The van der Waals surface area contributed by atoms with Crippen molar-refractivity contribution in [3.63, 3.8) is 0 Å². The van der Waals surface area contributed by atoms with Gasteiger partial charge in [0.15, 0.2) is 0 Å². The minimum atomic E-state index is -0.781. The zero-order chi connectivity index (χ0) is 22.2. The van der Waals surface area contributed by atoms with E-state index in [1.54, 1.807) is 29.4 Å². The molecule has 9 heteroatoms. The van der Waals surface area contributed by atoms with Gasteiger partial charge in [-0.15, -0.1) is 0 Å². The van der Waals surface area contributed by atoms with Crippen LogP contribution in [0.3, 0.4) is 0 Å². The van der Waals surface area contributed by atoms with Crippen LogP contribution in [-0.4, -0.2) is 60.3 Å². The van der Waals surface area contributed by atoms with E-state index in [-0.39, 0.29) is 11.8 Å². The molecule has 0 saturated carbocycles. The minimum Gasteiger partial charge on any atom is -0.465 e. The Hall–Kier alpha value is -3.75. The first kappa shape index (κ1) is 21.9. The number of aromatic nitrogens is 1. The lowest BCUT2D eigenvalue weighted by atomic mass is 9.96. The van der Waals surface area contributed by atoms with Gasteiger partial charge in [0.1, 0.15) is 0 Å². The van der Waals surface area contributed by atoms with Crippen molar-refractivity contribution < 1.29 is 23.9 Å². The number of carbonyl (C=O) groups is 4. The first-order valence-corrected chi connectivity index (χ1v) is 9.95. The van der Waals surface area contributed by atoms with Gasteiger partial charge in [0.2, 0.25) is 0 Å². The molecule has 1 fully saturated rings. The third-order valence-corrected chi connectivity index (χ3v) is 5.15. The summed E-state index contributed by atoms with van der Waals surface area (Å²) in [5.41, 5.74) is 1.35. The molecule has 2 N–H and O–H groups in total. The van der Waals surface area contributed by atoms with E-state index in [0.717, 1.165) is 12.8 Å². The minimum absolute atomic E-state index is 0.0255. The van der Waals surface area contributed by atoms with Crippen molar-refractivity contribution in [3.8, 4) is 0 Å². The third-order valence-electron chi connectivity index (χ3n) is 5.15. The van der Waals surface area contributed by atoms with Crippen molar-refractivity contribution in [3.05, 3.63) is 59.9 Å². The lowest BCUT2D eigenvalue weighted by Crippen LogP contribution is -2.43. The van der Waals surface area contributed by atoms with Crippen molar-refractivity contribution in [2.24, 2.45) is 5.92 Å². The predicted octanol–water partition coefficient (Wildman–Crippen LogP) is 1.48. The average Bonchev–Trinajstić information content (AvgIpc) is 2.82. The van der Waals surface area contributed by atoms with Crippen molar-refractivity contribution in [2.45, 2.75) is 12.8 Å². The Morgan fingerprint density at radius 3 is 2.23 bits per heavy atom. The summed E-state index contributed by atoms with van der Waals surface area (Å²) in [6, 6.07) is 9.42. The van der Waals surface area contributed by atoms with E-state index in [0.29, 0.717) is 36.4 Å². The maximum Gasteiger partial charge on any atom is 0.337 e. The first-order valence-electron chi connectivity index (χ1n) is 9.95. The lowest BCUT2D eigenvalue weighted by molar-refractivity contribution is -0.136. The number of rotatable bonds is 5. The number of methoxy groups -OCH3 is 1. The molecule has 2 aromatic rings. The lowest BCUT2D eigenvalue weighted by Gasteiger charge is -2.32. The molecule has 1 aliphatic heterocycles. The molecule has 0 spiro atoms. The normalized spacial score (nSPS) is 13.9. The Bertz CT molecular complexity index is 938. The van der Waals surface area contributed by atoms with Gasteiger partial charge in [0.25, 0.3) is 5.91 Å². The number of hydrogen-bond donors (Lipinski definition) is 2. The van der Waals surface area contributed by atoms with Crippen LogP contribution in [0, 0.1) is 5.92 Å². The van der Waals surface area contributed by atoms with E-state index in [9.17, 15) is 19.2 Å². The van der Waals surface area contributed by atoms with E-state index < -0.39 is 17.8 Å². The molecular weight excluding hydrogens is 400 g/mol. The molecule has 2 heterocycles. The summed E-state index contributed by atoms with van der Waals surface area (Å²) in [5, 5.41) is 5.14. The van der Waals surface area contributed by atoms with E-state index in [4.69, 9.17) is 0 Å². The Labute approximate surface area is 179 Å². The van der Waals surface area contributed by atoms with Gasteiger partial charge >= 0.3 is 17.8 Å². The molecule has 0 atom stereocenters. The van der Waals surface area contributed by atoms with E-state index in [1.165, 1.54) is 31.4 Å². The predicted molar refractivity (Wildman–Crippen MR) is 112 cm³/mol. The van der Waals surface area contributed by atoms with Crippen molar-refractivity contribution in [2.75, 3.05) is 32.1 Å². The van der Waals surface area contributed by atoms with Crippen LogP contribution in [0.15, 0.2) is 48.8 Å². The zero-order valence-electron chi connectivity index (χ0n) is 17.2. The fourth-order valence-electron chi connectivity index (χ4n) is 3.33. The molecule has 0 radical (unpaired) electrons. The van der Waals surface area contributed by atoms with Crippen molar-refractivity contribution in [1.29, 1.82) is 0 Å². The summed E-state index contributed by atoms with van der Waals surface area (Å²) < 4.78 is 4.61. The number of carbonyl (C=O) groups excluding carboxylic acids is 4. The van der Waals surface area contributed by atoms with Gasteiger partial charge in [0, 0.05) is 43.3 Å². The second-order valence-corrected chi connectivity index (χ2v) is 7.20. The highest BCUT2D eigenvalue weighted by atomic mass is 16.5. The van der Waals surface area contributed by atoms with Gasteiger partial charge in [-0.2, -0.15) is 0 Å². The number of nitrogens with one attached hydrogen (secondary N) is 2. The third kappa shape index (κ3) is 5.88. The smallest absolute Gasteiger partial charge is 0.337 e. The first-order chi connectivity index (χ1) is 15.0. The van der Waals surface area contributed by atoms with Gasteiger partial charge < -0.3 is 20.3 Å². The summed E-state index contributed by atoms with van der Waals surface area (Å²) in [6.07, 6.45) is 4.67. The maximum atomic E-state index is 12.5. The van der Waals surface area contributed by atoms with Gasteiger partial charge in [-0.05, 0) is 55.2 Å². The quantitative estimate of drug-likeness (QED) is 0.555.